The summed E-state index contributed by atoms with van der Waals surface area (Å²) in [6, 6.07) is 9.42. The monoisotopic (exact) mass is 364 g/mol. The summed E-state index contributed by atoms with van der Waals surface area (Å²) in [5.41, 5.74) is 0. The van der Waals surface area contributed by atoms with Gasteiger partial charge in [-0.3, -0.25) is 9.59 Å². The van der Waals surface area contributed by atoms with E-state index < -0.39 is 10.8 Å². The highest BCUT2D eigenvalue weighted by atomic mass is 79.9. The van der Waals surface area contributed by atoms with Gasteiger partial charge in [0.05, 0.1) is 6.61 Å². The minimum atomic E-state index is -0.924. The molecule has 0 heterocycles. The van der Waals surface area contributed by atoms with Crippen LogP contribution < -0.4 is 4.74 Å². The minimum Gasteiger partial charge on any atom is -0.465 e. The predicted octanol–water partition coefficient (Wildman–Crippen LogP) is 3.42. The van der Waals surface area contributed by atoms with Crippen LogP contribution in [0.2, 0.25) is 0 Å². The van der Waals surface area contributed by atoms with Crippen LogP contribution in [0.5, 0.6) is 5.75 Å². The second-order valence-electron chi connectivity index (χ2n) is 4.74. The van der Waals surface area contributed by atoms with Gasteiger partial charge in [-0.2, -0.15) is 0 Å². The van der Waals surface area contributed by atoms with Crippen molar-refractivity contribution in [1.82, 2.24) is 0 Å². The van der Waals surface area contributed by atoms with E-state index >= 15 is 0 Å². The maximum Gasteiger partial charge on any atom is 0.327 e. The third kappa shape index (κ3) is 4.31. The van der Waals surface area contributed by atoms with Gasteiger partial charge in [0, 0.05) is 5.92 Å². The fraction of sp³-hybridized carbons (Fsp3) is 0.294. The normalized spacial score (nSPS) is 18.3. The number of para-hydroxylation sites is 1. The van der Waals surface area contributed by atoms with Crippen molar-refractivity contribution in [2.24, 2.45) is 5.92 Å². The van der Waals surface area contributed by atoms with Gasteiger partial charge in [0.15, 0.2) is 10.6 Å². The molecule has 0 radical (unpaired) electrons. The lowest BCUT2D eigenvalue weighted by atomic mass is 9.94. The Balaban J connectivity index is 1.92. The quantitative estimate of drug-likeness (QED) is 0.440. The second-order valence-corrected chi connectivity index (χ2v) is 5.66. The van der Waals surface area contributed by atoms with Gasteiger partial charge < -0.3 is 9.47 Å². The Morgan fingerprint density at radius 2 is 2.05 bits per heavy atom. The van der Waals surface area contributed by atoms with Gasteiger partial charge in [-0.05, 0) is 37.6 Å². The molecule has 0 bridgehead atoms. The largest absolute Gasteiger partial charge is 0.465 e. The van der Waals surface area contributed by atoms with Gasteiger partial charge in [-0.15, -0.1) is 0 Å². The fourth-order valence-electron chi connectivity index (χ4n) is 2.03. The molecule has 0 saturated carbocycles. The van der Waals surface area contributed by atoms with Gasteiger partial charge in [-0.1, -0.05) is 40.2 Å². The first kappa shape index (κ1) is 16.5. The number of allylic oxidation sites excluding steroid dienone is 3. The number of benzene rings is 1. The standard InChI is InChI=1S/C17H17BrO4/c1-2-21-17(20)15(18)16(19)12-8-10-14(11-9-12)22-13-6-4-3-5-7-13/h3-8,10-12,15H,2,9H2,1H3. The van der Waals surface area contributed by atoms with Crippen molar-refractivity contribution >= 4 is 27.7 Å². The molecule has 2 unspecified atom stereocenters. The van der Waals surface area contributed by atoms with E-state index in [1.807, 2.05) is 36.4 Å². The number of Topliss-reactive ketones (excluding diaryl/α,β-unsaturated/α-hetero) is 1. The van der Waals surface area contributed by atoms with Crippen molar-refractivity contribution in [3.05, 3.63) is 54.3 Å². The van der Waals surface area contributed by atoms with Crippen LogP contribution in [-0.2, 0) is 14.3 Å². The van der Waals surface area contributed by atoms with Crippen LogP contribution in [0.4, 0.5) is 0 Å². The van der Waals surface area contributed by atoms with Crippen LogP contribution in [0, 0.1) is 5.92 Å². The Bertz CT molecular complexity index is 592. The molecule has 2 atom stereocenters. The molecular formula is C17H17BrO4. The lowest BCUT2D eigenvalue weighted by molar-refractivity contribution is -0.145. The number of ether oxygens (including phenoxy) is 2. The molecule has 0 amide bonds. The zero-order chi connectivity index (χ0) is 15.9. The minimum absolute atomic E-state index is 0.204. The number of carbonyl (C=O) groups is 2. The van der Waals surface area contributed by atoms with Crippen molar-refractivity contribution < 1.29 is 19.1 Å². The Morgan fingerprint density at radius 1 is 1.32 bits per heavy atom. The topological polar surface area (TPSA) is 52.6 Å². The Hall–Kier alpha value is -1.88. The highest BCUT2D eigenvalue weighted by Crippen LogP contribution is 2.23. The van der Waals surface area contributed by atoms with Gasteiger partial charge in [0.1, 0.15) is 11.5 Å². The van der Waals surface area contributed by atoms with E-state index in [1.54, 1.807) is 19.1 Å². The highest BCUT2D eigenvalue weighted by molar-refractivity contribution is 9.10. The molecule has 0 spiro atoms. The number of halogens is 1. The first-order valence-corrected chi connectivity index (χ1v) is 7.99. The number of hydrogen-bond acceptors (Lipinski definition) is 4. The Kier molecular flexibility index (Phi) is 5.95. The van der Waals surface area contributed by atoms with Gasteiger partial charge in [0.2, 0.25) is 0 Å². The van der Waals surface area contributed by atoms with Gasteiger partial charge in [-0.25, -0.2) is 0 Å². The molecule has 4 nitrogen and oxygen atoms in total. The molecule has 1 aliphatic carbocycles. The zero-order valence-corrected chi connectivity index (χ0v) is 13.8. The number of rotatable bonds is 6. The maximum atomic E-state index is 12.2. The number of alkyl halides is 1. The summed E-state index contributed by atoms with van der Waals surface area (Å²) in [5.74, 6) is 0.336. The summed E-state index contributed by atoms with van der Waals surface area (Å²) in [5, 5.41) is 0. The van der Waals surface area contributed by atoms with E-state index in [9.17, 15) is 9.59 Å². The summed E-state index contributed by atoms with van der Waals surface area (Å²) in [6.45, 7) is 1.96. The second kappa shape index (κ2) is 7.94. The molecule has 0 aliphatic heterocycles. The zero-order valence-electron chi connectivity index (χ0n) is 12.2. The summed E-state index contributed by atoms with van der Waals surface area (Å²) >= 11 is 3.10. The molecule has 0 N–H and O–H groups in total. The molecule has 116 valence electrons. The van der Waals surface area contributed by atoms with Crippen LogP contribution in [0.3, 0.4) is 0 Å². The number of carbonyl (C=O) groups excluding carboxylic acids is 2. The summed E-state index contributed by atoms with van der Waals surface area (Å²) in [7, 11) is 0. The number of esters is 1. The van der Waals surface area contributed by atoms with E-state index in [0.717, 1.165) is 5.75 Å². The van der Waals surface area contributed by atoms with E-state index in [1.165, 1.54) is 0 Å². The van der Waals surface area contributed by atoms with E-state index in [2.05, 4.69) is 15.9 Å². The predicted molar refractivity (Wildman–Crippen MR) is 86.8 cm³/mol. The summed E-state index contributed by atoms with van der Waals surface area (Å²) in [4.78, 5) is 22.9. The summed E-state index contributed by atoms with van der Waals surface area (Å²) < 4.78 is 10.5. The molecule has 5 heteroatoms. The summed E-state index contributed by atoms with van der Waals surface area (Å²) in [6.07, 6.45) is 5.86. The lowest BCUT2D eigenvalue weighted by Gasteiger charge is -2.17. The molecule has 1 aromatic rings. The van der Waals surface area contributed by atoms with Crippen molar-refractivity contribution in [3.8, 4) is 5.75 Å². The molecule has 1 aromatic carbocycles. The smallest absolute Gasteiger partial charge is 0.327 e. The van der Waals surface area contributed by atoms with Gasteiger partial charge in [0.25, 0.3) is 0 Å². The van der Waals surface area contributed by atoms with E-state index in [-0.39, 0.29) is 18.3 Å². The Morgan fingerprint density at radius 3 is 2.64 bits per heavy atom. The third-order valence-electron chi connectivity index (χ3n) is 3.15. The molecule has 2 rings (SSSR count). The van der Waals surface area contributed by atoms with Gasteiger partial charge >= 0.3 is 5.97 Å². The fourth-order valence-corrected chi connectivity index (χ4v) is 2.50. The van der Waals surface area contributed by atoms with Crippen molar-refractivity contribution in [2.75, 3.05) is 6.61 Å². The first-order chi connectivity index (χ1) is 10.6. The molecule has 0 fully saturated rings. The average molecular weight is 365 g/mol. The molecule has 0 aromatic heterocycles. The number of ketones is 1. The van der Waals surface area contributed by atoms with Crippen LogP contribution in [0.25, 0.3) is 0 Å². The van der Waals surface area contributed by atoms with Crippen LogP contribution in [0.1, 0.15) is 13.3 Å². The number of hydrogen-bond donors (Lipinski definition) is 0. The van der Waals surface area contributed by atoms with E-state index in [0.29, 0.717) is 12.2 Å². The molecule has 1 aliphatic rings. The molecule has 0 saturated heterocycles. The van der Waals surface area contributed by atoms with Crippen LogP contribution >= 0.6 is 15.9 Å². The van der Waals surface area contributed by atoms with Crippen molar-refractivity contribution in [3.63, 3.8) is 0 Å². The molecular weight excluding hydrogens is 348 g/mol. The lowest BCUT2D eigenvalue weighted by Crippen LogP contribution is -2.31. The highest BCUT2D eigenvalue weighted by Gasteiger charge is 2.30. The van der Waals surface area contributed by atoms with Crippen LogP contribution in [-0.4, -0.2) is 23.2 Å². The van der Waals surface area contributed by atoms with Crippen molar-refractivity contribution in [2.45, 2.75) is 18.2 Å². The van der Waals surface area contributed by atoms with Crippen molar-refractivity contribution in [1.29, 1.82) is 0 Å². The third-order valence-corrected chi connectivity index (χ3v) is 3.98. The SMILES string of the molecule is CCOC(=O)C(Br)C(=O)C1C=CC(Oc2ccccc2)=CC1. The maximum absolute atomic E-state index is 12.2. The molecule has 22 heavy (non-hydrogen) atoms. The van der Waals surface area contributed by atoms with E-state index in [4.69, 9.17) is 9.47 Å². The average Bonchev–Trinajstić information content (AvgIpc) is 2.55. The Labute approximate surface area is 137 Å². The van der Waals surface area contributed by atoms with Crippen LogP contribution in [0.15, 0.2) is 54.3 Å². The first-order valence-electron chi connectivity index (χ1n) is 7.07.